The van der Waals surface area contributed by atoms with E-state index in [4.69, 9.17) is 4.98 Å². The third kappa shape index (κ3) is 3.26. The van der Waals surface area contributed by atoms with Gasteiger partial charge >= 0.3 is 0 Å². The number of rotatable bonds is 3. The monoisotopic (exact) mass is 376 g/mol. The lowest BCUT2D eigenvalue weighted by atomic mass is 10.0. The Hall–Kier alpha value is -3.14. The summed E-state index contributed by atoms with van der Waals surface area (Å²) in [5, 5.41) is 12.3. The van der Waals surface area contributed by atoms with Crippen LogP contribution >= 0.6 is 0 Å². The molecule has 2 aliphatic heterocycles. The Bertz CT molecular complexity index is 940. The summed E-state index contributed by atoms with van der Waals surface area (Å²) >= 11 is 0. The van der Waals surface area contributed by atoms with Crippen LogP contribution < -0.4 is 15.1 Å². The average Bonchev–Trinajstić information content (AvgIpc) is 2.73. The van der Waals surface area contributed by atoms with Gasteiger partial charge in [0, 0.05) is 44.2 Å². The fraction of sp³-hybridized carbons (Fsp3) is 0.429. The third-order valence-corrected chi connectivity index (χ3v) is 5.34. The maximum absolute atomic E-state index is 12.3. The Kier molecular flexibility index (Phi) is 4.86. The molecule has 1 N–H and O–H groups in total. The molecular weight excluding hydrogens is 352 g/mol. The Balaban J connectivity index is 1.61. The Labute approximate surface area is 165 Å². The quantitative estimate of drug-likeness (QED) is 0.883. The second-order valence-electron chi connectivity index (χ2n) is 7.50. The topological polar surface area (TPSA) is 85.2 Å². The van der Waals surface area contributed by atoms with Crippen LogP contribution in [0.4, 0.5) is 11.5 Å². The zero-order chi connectivity index (χ0) is 19.7. The highest BCUT2D eigenvalue weighted by molar-refractivity contribution is 5.96. The van der Waals surface area contributed by atoms with Gasteiger partial charge in [0.2, 0.25) is 0 Å². The molecule has 28 heavy (non-hydrogen) atoms. The predicted molar refractivity (Wildman–Crippen MR) is 108 cm³/mol. The first-order chi connectivity index (χ1) is 13.6. The average molecular weight is 376 g/mol. The summed E-state index contributed by atoms with van der Waals surface area (Å²) < 4.78 is 0. The van der Waals surface area contributed by atoms with E-state index in [9.17, 15) is 10.1 Å². The van der Waals surface area contributed by atoms with Gasteiger partial charge in [0.25, 0.3) is 5.91 Å². The number of benzene rings is 1. The van der Waals surface area contributed by atoms with Crippen molar-refractivity contribution in [3.8, 4) is 6.07 Å². The summed E-state index contributed by atoms with van der Waals surface area (Å²) in [4.78, 5) is 26.2. The lowest BCUT2D eigenvalue weighted by Gasteiger charge is -2.38. The van der Waals surface area contributed by atoms with Crippen LogP contribution in [0.2, 0.25) is 0 Å². The minimum absolute atomic E-state index is 0.103. The zero-order valence-electron chi connectivity index (χ0n) is 16.3. The van der Waals surface area contributed by atoms with Gasteiger partial charge in [-0.05, 0) is 18.6 Å². The number of nitrogens with one attached hydrogen (secondary N) is 1. The van der Waals surface area contributed by atoms with Crippen molar-refractivity contribution >= 4 is 17.4 Å². The Morgan fingerprint density at radius 1 is 1.11 bits per heavy atom. The van der Waals surface area contributed by atoms with Crippen LogP contribution in [0.25, 0.3) is 0 Å². The minimum Gasteiger partial charge on any atom is -0.367 e. The molecule has 0 unspecified atom stereocenters. The highest BCUT2D eigenvalue weighted by atomic mass is 16.1. The fourth-order valence-corrected chi connectivity index (χ4v) is 3.81. The van der Waals surface area contributed by atoms with E-state index in [0.29, 0.717) is 23.6 Å². The standard InChI is InChI=1S/C21H24N6O/c1-14(2)19-24-18-16(7-8-23-21(18)28)20(25-19)27-11-9-26(10-12-27)17-6-4-3-5-15(17)13-22/h3-6,14H,7-12H2,1-2H3,(H,23,28). The van der Waals surface area contributed by atoms with Crippen molar-refractivity contribution in [1.29, 1.82) is 5.26 Å². The molecule has 0 atom stereocenters. The number of hydrogen-bond donors (Lipinski definition) is 1. The van der Waals surface area contributed by atoms with Gasteiger partial charge < -0.3 is 15.1 Å². The highest BCUT2D eigenvalue weighted by Crippen LogP contribution is 2.28. The van der Waals surface area contributed by atoms with Gasteiger partial charge in [-0.2, -0.15) is 5.26 Å². The predicted octanol–water partition coefficient (Wildman–Crippen LogP) is 2.08. The van der Waals surface area contributed by atoms with Gasteiger partial charge in [-0.3, -0.25) is 4.79 Å². The molecule has 1 aromatic carbocycles. The first-order valence-electron chi connectivity index (χ1n) is 9.76. The second kappa shape index (κ2) is 7.47. The van der Waals surface area contributed by atoms with Gasteiger partial charge in [-0.15, -0.1) is 0 Å². The Morgan fingerprint density at radius 2 is 1.82 bits per heavy atom. The molecule has 0 saturated carbocycles. The minimum atomic E-state index is -0.103. The van der Waals surface area contributed by atoms with E-state index in [2.05, 4.69) is 26.2 Å². The van der Waals surface area contributed by atoms with Crippen LogP contribution in [0, 0.1) is 11.3 Å². The smallest absolute Gasteiger partial charge is 0.270 e. The first kappa shape index (κ1) is 18.2. The van der Waals surface area contributed by atoms with Crippen molar-refractivity contribution in [3.63, 3.8) is 0 Å². The van der Waals surface area contributed by atoms with E-state index in [-0.39, 0.29) is 11.8 Å². The molecule has 1 fully saturated rings. The molecule has 7 nitrogen and oxygen atoms in total. The first-order valence-corrected chi connectivity index (χ1v) is 9.76. The number of anilines is 2. The van der Waals surface area contributed by atoms with E-state index in [0.717, 1.165) is 49.7 Å². The SMILES string of the molecule is CC(C)c1nc2c(c(N3CCN(c4ccccc4C#N)CC3)n1)CCNC2=O. The Morgan fingerprint density at radius 3 is 2.54 bits per heavy atom. The van der Waals surface area contributed by atoms with Gasteiger partial charge in [0.05, 0.1) is 11.3 Å². The third-order valence-electron chi connectivity index (χ3n) is 5.34. The van der Waals surface area contributed by atoms with Crippen LogP contribution in [0.5, 0.6) is 0 Å². The van der Waals surface area contributed by atoms with Crippen molar-refractivity contribution in [3.05, 3.63) is 46.9 Å². The molecule has 2 aromatic rings. The molecule has 0 aliphatic carbocycles. The van der Waals surface area contributed by atoms with Crippen molar-refractivity contribution in [2.45, 2.75) is 26.2 Å². The zero-order valence-corrected chi connectivity index (χ0v) is 16.3. The molecule has 1 saturated heterocycles. The van der Waals surface area contributed by atoms with Crippen molar-refractivity contribution in [1.82, 2.24) is 15.3 Å². The summed E-state index contributed by atoms with van der Waals surface area (Å²) in [5.74, 6) is 1.66. The lowest BCUT2D eigenvalue weighted by Crippen LogP contribution is -2.48. The molecule has 1 amide bonds. The fourth-order valence-electron chi connectivity index (χ4n) is 3.81. The van der Waals surface area contributed by atoms with Gasteiger partial charge in [-0.25, -0.2) is 9.97 Å². The summed E-state index contributed by atoms with van der Waals surface area (Å²) in [6, 6.07) is 10.0. The lowest BCUT2D eigenvalue weighted by molar-refractivity contribution is 0.0940. The number of para-hydroxylation sites is 1. The number of nitrogens with zero attached hydrogens (tertiary/aromatic N) is 5. The van der Waals surface area contributed by atoms with Crippen molar-refractivity contribution in [2.75, 3.05) is 42.5 Å². The van der Waals surface area contributed by atoms with Crippen LogP contribution in [0.3, 0.4) is 0 Å². The normalized spacial score (nSPS) is 16.6. The molecule has 1 aromatic heterocycles. The summed E-state index contributed by atoms with van der Waals surface area (Å²) in [7, 11) is 0. The maximum atomic E-state index is 12.3. The van der Waals surface area contributed by atoms with Crippen molar-refractivity contribution in [2.24, 2.45) is 0 Å². The molecular formula is C21H24N6O. The number of aromatic nitrogens is 2. The highest BCUT2D eigenvalue weighted by Gasteiger charge is 2.29. The number of hydrogen-bond acceptors (Lipinski definition) is 6. The molecule has 4 rings (SSSR count). The van der Waals surface area contributed by atoms with Crippen LogP contribution in [0.1, 0.15) is 47.2 Å². The molecule has 0 radical (unpaired) electrons. The molecule has 0 spiro atoms. The largest absolute Gasteiger partial charge is 0.367 e. The van der Waals surface area contributed by atoms with Crippen LogP contribution in [-0.2, 0) is 6.42 Å². The van der Waals surface area contributed by atoms with Crippen LogP contribution in [0.15, 0.2) is 24.3 Å². The van der Waals surface area contributed by atoms with Gasteiger partial charge in [0.1, 0.15) is 23.4 Å². The van der Waals surface area contributed by atoms with E-state index in [1.807, 2.05) is 38.1 Å². The summed E-state index contributed by atoms with van der Waals surface area (Å²) in [6.07, 6.45) is 0.756. The number of nitriles is 1. The van der Waals surface area contributed by atoms with E-state index in [1.165, 1.54) is 0 Å². The van der Waals surface area contributed by atoms with E-state index < -0.39 is 0 Å². The number of fused-ring (bicyclic) bond motifs is 1. The number of carbonyl (C=O) groups is 1. The van der Waals surface area contributed by atoms with E-state index in [1.54, 1.807) is 0 Å². The molecule has 7 heteroatoms. The molecule has 3 heterocycles. The molecule has 2 aliphatic rings. The summed E-state index contributed by atoms with van der Waals surface area (Å²) in [5.41, 5.74) is 3.17. The van der Waals surface area contributed by atoms with Crippen LogP contribution in [-0.4, -0.2) is 48.6 Å². The van der Waals surface area contributed by atoms with Gasteiger partial charge in [0.15, 0.2) is 0 Å². The van der Waals surface area contributed by atoms with Gasteiger partial charge in [-0.1, -0.05) is 26.0 Å². The number of amides is 1. The second-order valence-corrected chi connectivity index (χ2v) is 7.50. The number of carbonyl (C=O) groups excluding carboxylic acids is 1. The molecule has 0 bridgehead atoms. The molecule has 144 valence electrons. The van der Waals surface area contributed by atoms with E-state index >= 15 is 0 Å². The summed E-state index contributed by atoms with van der Waals surface area (Å²) in [6.45, 7) is 7.91. The van der Waals surface area contributed by atoms with Crippen molar-refractivity contribution < 1.29 is 4.79 Å². The number of piperazine rings is 1. The maximum Gasteiger partial charge on any atom is 0.270 e.